The lowest BCUT2D eigenvalue weighted by Gasteiger charge is -2.31. The molecule has 3 rings (SSSR count). The van der Waals surface area contributed by atoms with Gasteiger partial charge < -0.3 is 10.2 Å². The number of nitrogens with one attached hydrogen (secondary N) is 2. The number of aromatic amines is 1. The van der Waals surface area contributed by atoms with E-state index >= 15 is 0 Å². The van der Waals surface area contributed by atoms with Crippen molar-refractivity contribution in [3.05, 3.63) is 5.82 Å². The molecule has 5 nitrogen and oxygen atoms in total. The molecular weight excluding hydrogens is 250 g/mol. The molecule has 2 heterocycles. The quantitative estimate of drug-likeness (QED) is 0.886. The van der Waals surface area contributed by atoms with Gasteiger partial charge in [0.2, 0.25) is 5.95 Å². The molecule has 1 aromatic rings. The maximum atomic E-state index is 4.85. The minimum atomic E-state index is 0.272. The van der Waals surface area contributed by atoms with Crippen LogP contribution in [0.2, 0.25) is 0 Å². The Balaban J connectivity index is 1.71. The minimum absolute atomic E-state index is 0.272. The lowest BCUT2D eigenvalue weighted by Crippen LogP contribution is -2.41. The Kier molecular flexibility index (Phi) is 3.96. The van der Waals surface area contributed by atoms with Gasteiger partial charge in [-0.25, -0.2) is 0 Å². The van der Waals surface area contributed by atoms with Gasteiger partial charge in [-0.15, -0.1) is 5.10 Å². The summed E-state index contributed by atoms with van der Waals surface area (Å²) in [5.74, 6) is 2.04. The van der Waals surface area contributed by atoms with Crippen LogP contribution in [0.1, 0.15) is 57.7 Å². The van der Waals surface area contributed by atoms with Crippen LogP contribution in [0.15, 0.2) is 0 Å². The standard InChI is InChI=1S/C15H27N5/c1-3-15(8-4-5-9-15)13-17-14(19-18-13)20-10-6-12(16-2)7-11-20/h12,16H,3-11H2,1-2H3,(H,17,18,19). The summed E-state index contributed by atoms with van der Waals surface area (Å²) in [7, 11) is 2.05. The molecule has 2 N–H and O–H groups in total. The Morgan fingerprint density at radius 1 is 1.30 bits per heavy atom. The second-order valence-electron chi connectivity index (χ2n) is 6.38. The van der Waals surface area contributed by atoms with Crippen molar-refractivity contribution in [1.29, 1.82) is 0 Å². The van der Waals surface area contributed by atoms with Crippen LogP contribution in [0.3, 0.4) is 0 Å². The number of H-pyrrole nitrogens is 1. The van der Waals surface area contributed by atoms with Gasteiger partial charge in [-0.3, -0.25) is 5.10 Å². The number of anilines is 1. The monoisotopic (exact) mass is 277 g/mol. The van der Waals surface area contributed by atoms with Crippen molar-refractivity contribution in [3.63, 3.8) is 0 Å². The molecule has 5 heteroatoms. The minimum Gasteiger partial charge on any atom is -0.339 e. The van der Waals surface area contributed by atoms with Gasteiger partial charge >= 0.3 is 0 Å². The highest BCUT2D eigenvalue weighted by Crippen LogP contribution is 2.42. The highest BCUT2D eigenvalue weighted by Gasteiger charge is 2.37. The summed E-state index contributed by atoms with van der Waals surface area (Å²) >= 11 is 0. The Bertz CT molecular complexity index is 427. The van der Waals surface area contributed by atoms with Gasteiger partial charge in [-0.2, -0.15) is 4.98 Å². The number of nitrogens with zero attached hydrogens (tertiary/aromatic N) is 3. The molecule has 0 radical (unpaired) electrons. The summed E-state index contributed by atoms with van der Waals surface area (Å²) in [5, 5.41) is 11.1. The van der Waals surface area contributed by atoms with Gasteiger partial charge in [0, 0.05) is 24.5 Å². The molecule has 0 unspecified atom stereocenters. The van der Waals surface area contributed by atoms with E-state index in [0.717, 1.165) is 24.9 Å². The van der Waals surface area contributed by atoms with Crippen LogP contribution in [0.5, 0.6) is 0 Å². The highest BCUT2D eigenvalue weighted by molar-refractivity contribution is 5.31. The van der Waals surface area contributed by atoms with Crippen LogP contribution in [0.4, 0.5) is 5.95 Å². The smallest absolute Gasteiger partial charge is 0.244 e. The summed E-state index contributed by atoms with van der Waals surface area (Å²) in [4.78, 5) is 7.17. The number of rotatable bonds is 4. The van der Waals surface area contributed by atoms with Crippen molar-refractivity contribution in [2.24, 2.45) is 0 Å². The van der Waals surface area contributed by atoms with Crippen molar-refractivity contribution in [2.45, 2.75) is 63.3 Å². The molecule has 1 saturated heterocycles. The molecule has 1 saturated carbocycles. The lowest BCUT2D eigenvalue weighted by molar-refractivity contribution is 0.399. The predicted octanol–water partition coefficient (Wildman–Crippen LogP) is 2.21. The summed E-state index contributed by atoms with van der Waals surface area (Å²) in [5.41, 5.74) is 0.272. The van der Waals surface area contributed by atoms with E-state index in [4.69, 9.17) is 4.98 Å². The molecule has 0 atom stereocenters. The van der Waals surface area contributed by atoms with E-state index in [1.165, 1.54) is 44.9 Å². The van der Waals surface area contributed by atoms with E-state index in [0.29, 0.717) is 6.04 Å². The second kappa shape index (κ2) is 5.72. The van der Waals surface area contributed by atoms with E-state index in [1.807, 2.05) is 0 Å². The van der Waals surface area contributed by atoms with Gasteiger partial charge in [0.15, 0.2) is 0 Å². The highest BCUT2D eigenvalue weighted by atomic mass is 15.4. The van der Waals surface area contributed by atoms with Gasteiger partial charge in [0.25, 0.3) is 0 Å². The molecule has 0 spiro atoms. The number of piperidine rings is 1. The van der Waals surface area contributed by atoms with Crippen molar-refractivity contribution < 1.29 is 0 Å². The first-order chi connectivity index (χ1) is 9.77. The summed E-state index contributed by atoms with van der Waals surface area (Å²) < 4.78 is 0. The van der Waals surface area contributed by atoms with Crippen molar-refractivity contribution in [2.75, 3.05) is 25.0 Å². The molecule has 2 aliphatic rings. The lowest BCUT2D eigenvalue weighted by atomic mass is 9.83. The molecule has 2 fully saturated rings. The number of hydrogen-bond donors (Lipinski definition) is 2. The topological polar surface area (TPSA) is 56.8 Å². The summed E-state index contributed by atoms with van der Waals surface area (Å²) in [6, 6.07) is 0.654. The van der Waals surface area contributed by atoms with Crippen LogP contribution >= 0.6 is 0 Å². The maximum absolute atomic E-state index is 4.85. The van der Waals surface area contributed by atoms with Crippen molar-refractivity contribution in [1.82, 2.24) is 20.5 Å². The van der Waals surface area contributed by atoms with E-state index in [1.54, 1.807) is 0 Å². The van der Waals surface area contributed by atoms with Gasteiger partial charge in [-0.1, -0.05) is 19.8 Å². The van der Waals surface area contributed by atoms with Crippen LogP contribution in [-0.4, -0.2) is 41.4 Å². The molecule has 1 aromatic heterocycles. The van der Waals surface area contributed by atoms with Gasteiger partial charge in [0.1, 0.15) is 5.82 Å². The van der Waals surface area contributed by atoms with Crippen LogP contribution in [0.25, 0.3) is 0 Å². The number of aromatic nitrogens is 3. The average Bonchev–Trinajstić information content (AvgIpc) is 3.17. The molecule has 0 aromatic carbocycles. The first-order valence-electron chi connectivity index (χ1n) is 8.12. The zero-order valence-electron chi connectivity index (χ0n) is 12.8. The van der Waals surface area contributed by atoms with Gasteiger partial charge in [-0.05, 0) is 39.2 Å². The first-order valence-corrected chi connectivity index (χ1v) is 8.12. The molecule has 1 aliphatic heterocycles. The fourth-order valence-corrected chi connectivity index (χ4v) is 3.81. The third-order valence-corrected chi connectivity index (χ3v) is 5.40. The average molecular weight is 277 g/mol. The normalized spacial score (nSPS) is 23.4. The van der Waals surface area contributed by atoms with Crippen LogP contribution in [0, 0.1) is 0 Å². The third-order valence-electron chi connectivity index (χ3n) is 5.40. The zero-order chi connectivity index (χ0) is 14.0. The summed E-state index contributed by atoms with van der Waals surface area (Å²) in [6.45, 7) is 4.40. The fourth-order valence-electron chi connectivity index (χ4n) is 3.81. The molecule has 20 heavy (non-hydrogen) atoms. The fraction of sp³-hybridized carbons (Fsp3) is 0.867. The predicted molar refractivity (Wildman–Crippen MR) is 81.1 cm³/mol. The Hall–Kier alpha value is -1.10. The largest absolute Gasteiger partial charge is 0.339 e. The molecule has 0 amide bonds. The second-order valence-corrected chi connectivity index (χ2v) is 6.38. The number of hydrogen-bond acceptors (Lipinski definition) is 4. The molecular formula is C15H27N5. The Labute approximate surface area is 121 Å². The van der Waals surface area contributed by atoms with E-state index in [-0.39, 0.29) is 5.41 Å². The molecule has 1 aliphatic carbocycles. The molecule has 112 valence electrons. The van der Waals surface area contributed by atoms with E-state index in [2.05, 4.69) is 34.4 Å². The zero-order valence-corrected chi connectivity index (χ0v) is 12.8. The van der Waals surface area contributed by atoms with E-state index in [9.17, 15) is 0 Å². The maximum Gasteiger partial charge on any atom is 0.244 e. The van der Waals surface area contributed by atoms with Crippen LogP contribution < -0.4 is 10.2 Å². The van der Waals surface area contributed by atoms with Crippen molar-refractivity contribution in [3.8, 4) is 0 Å². The molecule has 0 bridgehead atoms. The van der Waals surface area contributed by atoms with E-state index < -0.39 is 0 Å². The van der Waals surface area contributed by atoms with Gasteiger partial charge in [0.05, 0.1) is 0 Å². The van der Waals surface area contributed by atoms with Crippen LogP contribution in [-0.2, 0) is 5.41 Å². The Morgan fingerprint density at radius 2 is 2.00 bits per heavy atom. The third kappa shape index (κ3) is 2.43. The summed E-state index contributed by atoms with van der Waals surface area (Å²) in [6.07, 6.45) is 8.72. The first kappa shape index (κ1) is 13.9. The van der Waals surface area contributed by atoms with Crippen molar-refractivity contribution >= 4 is 5.95 Å². The SMILES string of the molecule is CCC1(c2nc(N3CCC(NC)CC3)n[nH]2)CCCC1. The Morgan fingerprint density at radius 3 is 2.60 bits per heavy atom.